The largest absolute Gasteiger partial charge is 0.396 e. The quantitative estimate of drug-likeness (QED) is 0.694. The molecule has 4 N–H and O–H groups in total. The highest BCUT2D eigenvalue weighted by Gasteiger charge is 2.15. The maximum atomic E-state index is 13.1. The van der Waals surface area contributed by atoms with E-state index in [0.29, 0.717) is 6.42 Å². The minimum atomic E-state index is -0.610. The molecule has 1 aromatic rings. The highest BCUT2D eigenvalue weighted by Crippen LogP contribution is 2.15. The van der Waals surface area contributed by atoms with E-state index in [-0.39, 0.29) is 17.3 Å². The number of carbonyl (C=O) groups excluding carboxylic acids is 1. The minimum Gasteiger partial charge on any atom is -0.396 e. The molecule has 5 heteroatoms. The lowest BCUT2D eigenvalue weighted by Crippen LogP contribution is -2.35. The molecule has 17 heavy (non-hydrogen) atoms. The van der Waals surface area contributed by atoms with Gasteiger partial charge in [0.25, 0.3) is 5.91 Å². The van der Waals surface area contributed by atoms with Crippen molar-refractivity contribution in [2.24, 2.45) is 0 Å². The summed E-state index contributed by atoms with van der Waals surface area (Å²) in [5.74, 6) is -1.05. The second-order valence-electron chi connectivity index (χ2n) is 4.16. The van der Waals surface area contributed by atoms with Crippen molar-refractivity contribution < 1.29 is 14.3 Å². The van der Waals surface area contributed by atoms with E-state index in [1.165, 1.54) is 18.2 Å². The van der Waals surface area contributed by atoms with Crippen molar-refractivity contribution >= 4 is 11.6 Å². The van der Waals surface area contributed by atoms with Gasteiger partial charge >= 0.3 is 0 Å². The molecular weight excluding hydrogens is 223 g/mol. The molecule has 0 aromatic heterocycles. The van der Waals surface area contributed by atoms with Crippen LogP contribution >= 0.6 is 0 Å². The summed E-state index contributed by atoms with van der Waals surface area (Å²) in [5, 5.41) is 11.8. The third kappa shape index (κ3) is 3.71. The molecule has 0 heterocycles. The summed E-state index contributed by atoms with van der Waals surface area (Å²) in [6, 6.07) is 3.89. The number of benzene rings is 1. The lowest BCUT2D eigenvalue weighted by Gasteiger charge is -2.16. The number of aliphatic hydroxyl groups is 1. The Hall–Kier alpha value is -1.62. The first-order chi connectivity index (χ1) is 7.91. The summed E-state index contributed by atoms with van der Waals surface area (Å²) < 4.78 is 13.1. The van der Waals surface area contributed by atoms with Crippen LogP contribution in [0.4, 0.5) is 10.1 Å². The number of carbonyl (C=O) groups is 1. The van der Waals surface area contributed by atoms with Crippen molar-refractivity contribution in [3.8, 4) is 0 Å². The van der Waals surface area contributed by atoms with E-state index in [1.54, 1.807) is 13.8 Å². The third-order valence-electron chi connectivity index (χ3n) is 2.37. The van der Waals surface area contributed by atoms with E-state index in [9.17, 15) is 9.18 Å². The lowest BCUT2D eigenvalue weighted by molar-refractivity contribution is 0.0923. The number of para-hydroxylation sites is 1. The van der Waals surface area contributed by atoms with Gasteiger partial charge in [0.1, 0.15) is 5.82 Å². The first kappa shape index (κ1) is 13.4. The van der Waals surface area contributed by atoms with Gasteiger partial charge in [-0.2, -0.15) is 0 Å². The van der Waals surface area contributed by atoms with Gasteiger partial charge in [-0.15, -0.1) is 0 Å². The predicted molar refractivity (Wildman–Crippen MR) is 64.0 cm³/mol. The Balaban J connectivity index is 2.73. The number of nitrogens with two attached hydrogens (primary N) is 1. The lowest BCUT2D eigenvalue weighted by atomic mass is 10.1. The molecule has 1 rings (SSSR count). The highest BCUT2D eigenvalue weighted by atomic mass is 19.1. The fourth-order valence-corrected chi connectivity index (χ4v) is 1.61. The van der Waals surface area contributed by atoms with E-state index >= 15 is 0 Å². The Kier molecular flexibility index (Phi) is 4.45. The van der Waals surface area contributed by atoms with Crippen LogP contribution < -0.4 is 11.1 Å². The molecule has 0 fully saturated rings. The van der Waals surface area contributed by atoms with Gasteiger partial charge in [-0.3, -0.25) is 4.79 Å². The van der Waals surface area contributed by atoms with E-state index in [4.69, 9.17) is 10.8 Å². The number of aliphatic hydroxyl groups excluding tert-OH is 1. The minimum absolute atomic E-state index is 0.113. The number of nitrogens with one attached hydrogen (secondary N) is 1. The van der Waals surface area contributed by atoms with Gasteiger partial charge in [-0.25, -0.2) is 4.39 Å². The van der Waals surface area contributed by atoms with Crippen LogP contribution in [0.2, 0.25) is 0 Å². The van der Waals surface area contributed by atoms with Crippen molar-refractivity contribution in [2.75, 3.05) is 5.73 Å². The number of anilines is 1. The van der Waals surface area contributed by atoms with E-state index in [1.807, 2.05) is 0 Å². The Morgan fingerprint density at radius 1 is 1.53 bits per heavy atom. The van der Waals surface area contributed by atoms with Crippen molar-refractivity contribution in [2.45, 2.75) is 32.4 Å². The van der Waals surface area contributed by atoms with Crippen LogP contribution in [0.5, 0.6) is 0 Å². The zero-order chi connectivity index (χ0) is 13.0. The number of amides is 1. The van der Waals surface area contributed by atoms with Crippen LogP contribution in [0.3, 0.4) is 0 Å². The smallest absolute Gasteiger partial charge is 0.253 e. The van der Waals surface area contributed by atoms with Gasteiger partial charge in [-0.05, 0) is 32.4 Å². The zero-order valence-electron chi connectivity index (χ0n) is 9.90. The molecule has 2 atom stereocenters. The Morgan fingerprint density at radius 2 is 2.18 bits per heavy atom. The molecule has 2 unspecified atom stereocenters. The van der Waals surface area contributed by atoms with Crippen LogP contribution in [0, 0.1) is 5.82 Å². The molecule has 1 amide bonds. The molecular formula is C12H17FN2O2. The number of nitrogen functional groups attached to an aromatic ring is 1. The van der Waals surface area contributed by atoms with Crippen molar-refractivity contribution in [3.05, 3.63) is 29.6 Å². The van der Waals surface area contributed by atoms with Crippen LogP contribution in [-0.4, -0.2) is 23.2 Å². The molecule has 0 saturated heterocycles. The number of hydrogen-bond acceptors (Lipinski definition) is 3. The van der Waals surface area contributed by atoms with Crippen molar-refractivity contribution in [3.63, 3.8) is 0 Å². The summed E-state index contributed by atoms with van der Waals surface area (Å²) in [7, 11) is 0. The zero-order valence-corrected chi connectivity index (χ0v) is 9.90. The topological polar surface area (TPSA) is 75.3 Å². The fourth-order valence-electron chi connectivity index (χ4n) is 1.61. The number of hydrogen-bond donors (Lipinski definition) is 3. The van der Waals surface area contributed by atoms with Crippen LogP contribution in [0.25, 0.3) is 0 Å². The average molecular weight is 240 g/mol. The first-order valence-electron chi connectivity index (χ1n) is 5.44. The molecule has 1 aromatic carbocycles. The average Bonchev–Trinajstić information content (AvgIpc) is 2.20. The molecule has 0 saturated carbocycles. The SMILES string of the molecule is CC(O)CC(C)NC(=O)c1cccc(F)c1N. The molecule has 0 radical (unpaired) electrons. The second-order valence-corrected chi connectivity index (χ2v) is 4.16. The Bertz CT molecular complexity index is 407. The summed E-state index contributed by atoms with van der Waals surface area (Å²) in [5.41, 5.74) is 5.43. The summed E-state index contributed by atoms with van der Waals surface area (Å²) in [6.07, 6.45) is -0.0730. The molecule has 0 aliphatic carbocycles. The molecule has 94 valence electrons. The van der Waals surface area contributed by atoms with Gasteiger partial charge < -0.3 is 16.2 Å². The van der Waals surface area contributed by atoms with Crippen molar-refractivity contribution in [1.82, 2.24) is 5.32 Å². The summed E-state index contributed by atoms with van der Waals surface area (Å²) in [4.78, 5) is 11.8. The Morgan fingerprint density at radius 3 is 2.76 bits per heavy atom. The maximum absolute atomic E-state index is 13.1. The van der Waals surface area contributed by atoms with Crippen LogP contribution in [-0.2, 0) is 0 Å². The number of rotatable bonds is 4. The van der Waals surface area contributed by atoms with Crippen LogP contribution in [0.1, 0.15) is 30.6 Å². The summed E-state index contributed by atoms with van der Waals surface area (Å²) in [6.45, 7) is 3.40. The number of halogens is 1. The maximum Gasteiger partial charge on any atom is 0.253 e. The van der Waals surface area contributed by atoms with Gasteiger partial charge in [0.15, 0.2) is 0 Å². The molecule has 0 aliphatic rings. The van der Waals surface area contributed by atoms with Gasteiger partial charge in [0, 0.05) is 6.04 Å². The van der Waals surface area contributed by atoms with Crippen molar-refractivity contribution in [1.29, 1.82) is 0 Å². The standard InChI is InChI=1S/C12H17FN2O2/c1-7(6-8(2)16)15-12(17)9-4-3-5-10(13)11(9)14/h3-5,7-8,16H,6,14H2,1-2H3,(H,15,17). The molecule has 0 spiro atoms. The van der Waals surface area contributed by atoms with E-state index < -0.39 is 17.8 Å². The van der Waals surface area contributed by atoms with E-state index in [2.05, 4.69) is 5.32 Å². The van der Waals surface area contributed by atoms with Crippen LogP contribution in [0.15, 0.2) is 18.2 Å². The molecule has 0 bridgehead atoms. The van der Waals surface area contributed by atoms with E-state index in [0.717, 1.165) is 0 Å². The fraction of sp³-hybridized carbons (Fsp3) is 0.417. The normalized spacial score (nSPS) is 14.1. The first-order valence-corrected chi connectivity index (χ1v) is 5.44. The second kappa shape index (κ2) is 5.63. The molecule has 0 aliphatic heterocycles. The molecule has 4 nitrogen and oxygen atoms in total. The van der Waals surface area contributed by atoms with Gasteiger partial charge in [0.05, 0.1) is 17.4 Å². The van der Waals surface area contributed by atoms with Gasteiger partial charge in [0.2, 0.25) is 0 Å². The Labute approximate surface area is 99.6 Å². The van der Waals surface area contributed by atoms with Gasteiger partial charge in [-0.1, -0.05) is 6.07 Å². The summed E-state index contributed by atoms with van der Waals surface area (Å²) >= 11 is 0. The highest BCUT2D eigenvalue weighted by molar-refractivity contribution is 5.99. The monoisotopic (exact) mass is 240 g/mol. The predicted octanol–water partition coefficient (Wildman–Crippen LogP) is 1.30. The third-order valence-corrected chi connectivity index (χ3v) is 2.37.